The minimum Gasteiger partial charge on any atom is -0.378 e. The van der Waals surface area contributed by atoms with Gasteiger partial charge in [-0.1, -0.05) is 19.9 Å². The van der Waals surface area contributed by atoms with E-state index in [1.54, 1.807) is 0 Å². The van der Waals surface area contributed by atoms with Crippen LogP contribution in [0.4, 0.5) is 0 Å². The molecular formula is C15H25NOS. The average molecular weight is 267 g/mol. The van der Waals surface area contributed by atoms with Crippen molar-refractivity contribution in [1.29, 1.82) is 0 Å². The number of thiophene rings is 1. The third-order valence-corrected chi connectivity index (χ3v) is 4.56. The van der Waals surface area contributed by atoms with Crippen LogP contribution in [0.3, 0.4) is 0 Å². The zero-order chi connectivity index (χ0) is 12.8. The maximum absolute atomic E-state index is 5.65. The number of hydrogen-bond donors (Lipinski definition) is 1. The standard InChI is InChI=1S/C15H25NOS/c1-12(2)15(14-8-5-11-18-14)16-9-3-6-13-7-4-10-17-13/h5,8,11-13,15-16H,3-4,6-7,9-10H2,1-2H3. The molecule has 1 fully saturated rings. The summed E-state index contributed by atoms with van der Waals surface area (Å²) in [6.45, 7) is 6.65. The first-order valence-corrected chi connectivity index (χ1v) is 8.03. The first-order valence-electron chi connectivity index (χ1n) is 7.15. The van der Waals surface area contributed by atoms with Crippen LogP contribution in [0, 0.1) is 5.92 Å². The van der Waals surface area contributed by atoms with Gasteiger partial charge in [0.1, 0.15) is 0 Å². The molecule has 1 saturated heterocycles. The fourth-order valence-electron chi connectivity index (χ4n) is 2.59. The van der Waals surface area contributed by atoms with Crippen molar-refractivity contribution in [3.63, 3.8) is 0 Å². The SMILES string of the molecule is CC(C)C(NCCCC1CCCO1)c1cccs1. The molecule has 0 aromatic carbocycles. The Labute approximate surface area is 115 Å². The molecule has 0 radical (unpaired) electrons. The molecule has 0 spiro atoms. The van der Waals surface area contributed by atoms with Gasteiger partial charge in [-0.3, -0.25) is 0 Å². The Bertz CT molecular complexity index is 317. The molecule has 0 amide bonds. The van der Waals surface area contributed by atoms with Crippen LogP contribution in [-0.4, -0.2) is 19.3 Å². The summed E-state index contributed by atoms with van der Waals surface area (Å²) in [6.07, 6.45) is 5.48. The predicted molar refractivity (Wildman–Crippen MR) is 78.1 cm³/mol. The number of rotatable bonds is 7. The Morgan fingerprint density at radius 3 is 3.00 bits per heavy atom. The fourth-order valence-corrected chi connectivity index (χ4v) is 3.57. The zero-order valence-electron chi connectivity index (χ0n) is 11.5. The van der Waals surface area contributed by atoms with E-state index in [4.69, 9.17) is 4.74 Å². The van der Waals surface area contributed by atoms with Gasteiger partial charge in [0.2, 0.25) is 0 Å². The largest absolute Gasteiger partial charge is 0.378 e. The van der Waals surface area contributed by atoms with Crippen molar-refractivity contribution in [1.82, 2.24) is 5.32 Å². The Hall–Kier alpha value is -0.380. The van der Waals surface area contributed by atoms with Gasteiger partial charge in [0.15, 0.2) is 0 Å². The van der Waals surface area contributed by atoms with Crippen molar-refractivity contribution in [2.24, 2.45) is 5.92 Å². The maximum Gasteiger partial charge on any atom is 0.0576 e. The summed E-state index contributed by atoms with van der Waals surface area (Å²) < 4.78 is 5.65. The molecule has 2 unspecified atom stereocenters. The van der Waals surface area contributed by atoms with Gasteiger partial charge < -0.3 is 10.1 Å². The van der Waals surface area contributed by atoms with Crippen LogP contribution in [0.1, 0.15) is 50.4 Å². The smallest absolute Gasteiger partial charge is 0.0576 e. The van der Waals surface area contributed by atoms with Crippen LogP contribution in [0.5, 0.6) is 0 Å². The normalized spacial score (nSPS) is 21.6. The third-order valence-electron chi connectivity index (χ3n) is 3.61. The van der Waals surface area contributed by atoms with Crippen LogP contribution in [-0.2, 0) is 4.74 Å². The maximum atomic E-state index is 5.65. The van der Waals surface area contributed by atoms with Gasteiger partial charge in [0.25, 0.3) is 0 Å². The van der Waals surface area contributed by atoms with Gasteiger partial charge in [0, 0.05) is 17.5 Å². The van der Waals surface area contributed by atoms with Gasteiger partial charge in [-0.05, 0) is 49.6 Å². The van der Waals surface area contributed by atoms with Crippen LogP contribution >= 0.6 is 11.3 Å². The highest BCUT2D eigenvalue weighted by Gasteiger charge is 2.17. The molecule has 2 atom stereocenters. The first-order chi connectivity index (χ1) is 8.77. The van der Waals surface area contributed by atoms with Crippen LogP contribution in [0.2, 0.25) is 0 Å². The highest BCUT2D eigenvalue weighted by atomic mass is 32.1. The Morgan fingerprint density at radius 1 is 1.50 bits per heavy atom. The topological polar surface area (TPSA) is 21.3 Å². The van der Waals surface area contributed by atoms with Gasteiger partial charge in [-0.15, -0.1) is 11.3 Å². The van der Waals surface area contributed by atoms with Crippen molar-refractivity contribution in [3.8, 4) is 0 Å². The summed E-state index contributed by atoms with van der Waals surface area (Å²) in [6, 6.07) is 4.89. The molecule has 18 heavy (non-hydrogen) atoms. The second-order valence-corrected chi connectivity index (χ2v) is 6.45. The van der Waals surface area contributed by atoms with E-state index < -0.39 is 0 Å². The molecule has 2 rings (SSSR count). The van der Waals surface area contributed by atoms with E-state index >= 15 is 0 Å². The predicted octanol–water partition coefficient (Wildman–Crippen LogP) is 3.99. The summed E-state index contributed by atoms with van der Waals surface area (Å²) in [4.78, 5) is 1.46. The highest BCUT2D eigenvalue weighted by molar-refractivity contribution is 7.10. The Balaban J connectivity index is 1.69. The van der Waals surface area contributed by atoms with Crippen LogP contribution in [0.15, 0.2) is 17.5 Å². The molecule has 1 N–H and O–H groups in total. The molecule has 0 bridgehead atoms. The third kappa shape index (κ3) is 4.08. The summed E-state index contributed by atoms with van der Waals surface area (Å²) in [5.41, 5.74) is 0. The number of hydrogen-bond acceptors (Lipinski definition) is 3. The van der Waals surface area contributed by atoms with E-state index in [1.807, 2.05) is 11.3 Å². The van der Waals surface area contributed by atoms with Crippen molar-refractivity contribution in [2.75, 3.05) is 13.2 Å². The van der Waals surface area contributed by atoms with E-state index in [0.717, 1.165) is 13.2 Å². The molecule has 1 aliphatic rings. The molecule has 1 aromatic rings. The van der Waals surface area contributed by atoms with E-state index in [0.29, 0.717) is 18.1 Å². The zero-order valence-corrected chi connectivity index (χ0v) is 12.3. The highest BCUT2D eigenvalue weighted by Crippen LogP contribution is 2.25. The van der Waals surface area contributed by atoms with E-state index in [-0.39, 0.29) is 0 Å². The van der Waals surface area contributed by atoms with Crippen molar-refractivity contribution in [2.45, 2.75) is 51.7 Å². The molecule has 0 saturated carbocycles. The minimum atomic E-state index is 0.509. The molecule has 1 aliphatic heterocycles. The van der Waals surface area contributed by atoms with Crippen molar-refractivity contribution < 1.29 is 4.74 Å². The lowest BCUT2D eigenvalue weighted by Gasteiger charge is -2.21. The fraction of sp³-hybridized carbons (Fsp3) is 0.733. The van der Waals surface area contributed by atoms with Crippen LogP contribution in [0.25, 0.3) is 0 Å². The lowest BCUT2D eigenvalue weighted by molar-refractivity contribution is 0.102. The Morgan fingerprint density at radius 2 is 2.39 bits per heavy atom. The van der Waals surface area contributed by atoms with Gasteiger partial charge in [-0.2, -0.15) is 0 Å². The van der Waals surface area contributed by atoms with E-state index in [2.05, 4.69) is 36.7 Å². The lowest BCUT2D eigenvalue weighted by atomic mass is 10.0. The molecule has 102 valence electrons. The summed E-state index contributed by atoms with van der Waals surface area (Å²) in [5.74, 6) is 0.645. The van der Waals surface area contributed by atoms with E-state index in [1.165, 1.54) is 30.6 Å². The quantitative estimate of drug-likeness (QED) is 0.754. The molecule has 0 aliphatic carbocycles. The molecular weight excluding hydrogens is 242 g/mol. The second-order valence-electron chi connectivity index (χ2n) is 5.47. The molecule has 3 heteroatoms. The Kier molecular flexibility index (Phi) is 5.67. The molecule has 2 heterocycles. The van der Waals surface area contributed by atoms with Gasteiger partial charge >= 0.3 is 0 Å². The lowest BCUT2D eigenvalue weighted by Crippen LogP contribution is -2.26. The average Bonchev–Trinajstić information content (AvgIpc) is 3.00. The minimum absolute atomic E-state index is 0.509. The van der Waals surface area contributed by atoms with Gasteiger partial charge in [-0.25, -0.2) is 0 Å². The molecule has 1 aromatic heterocycles. The van der Waals surface area contributed by atoms with Crippen molar-refractivity contribution >= 4 is 11.3 Å². The first kappa shape index (κ1) is 14.0. The monoisotopic (exact) mass is 267 g/mol. The summed E-state index contributed by atoms with van der Waals surface area (Å²) in [7, 11) is 0. The number of ether oxygens (including phenoxy) is 1. The van der Waals surface area contributed by atoms with Crippen LogP contribution < -0.4 is 5.32 Å². The summed E-state index contributed by atoms with van der Waals surface area (Å²) >= 11 is 1.86. The summed E-state index contributed by atoms with van der Waals surface area (Å²) in [5, 5.41) is 5.87. The van der Waals surface area contributed by atoms with E-state index in [9.17, 15) is 0 Å². The number of nitrogens with one attached hydrogen (secondary N) is 1. The van der Waals surface area contributed by atoms with Gasteiger partial charge in [0.05, 0.1) is 6.10 Å². The van der Waals surface area contributed by atoms with Crippen molar-refractivity contribution in [3.05, 3.63) is 22.4 Å². The molecule has 2 nitrogen and oxygen atoms in total. The second kappa shape index (κ2) is 7.27.